The third-order valence-electron chi connectivity index (χ3n) is 6.96. The molecule has 4 aromatic rings. The number of benzene rings is 3. The van der Waals surface area contributed by atoms with Crippen LogP contribution in [0.1, 0.15) is 22.7 Å². The lowest BCUT2D eigenvalue weighted by molar-refractivity contribution is -0.139. The molecular formula is C29H27N3O7S. The highest BCUT2D eigenvalue weighted by Gasteiger charge is 2.30. The molecule has 0 radical (unpaired) electrons. The van der Waals surface area contributed by atoms with Crippen molar-refractivity contribution in [3.63, 3.8) is 0 Å². The summed E-state index contributed by atoms with van der Waals surface area (Å²) in [5, 5.41) is 22.7. The lowest BCUT2D eigenvalue weighted by atomic mass is 9.98. The molecule has 1 aliphatic carbocycles. The normalized spacial score (nSPS) is 13.6. The zero-order chi connectivity index (χ0) is 28.6. The van der Waals surface area contributed by atoms with Crippen molar-refractivity contribution in [2.45, 2.75) is 23.3 Å². The Morgan fingerprint density at radius 2 is 1.60 bits per heavy atom. The van der Waals surface area contributed by atoms with Gasteiger partial charge >= 0.3 is 12.1 Å². The van der Waals surface area contributed by atoms with Gasteiger partial charge in [-0.1, -0.05) is 48.5 Å². The minimum Gasteiger partial charge on any atom is -0.506 e. The number of carboxylic acids is 1. The van der Waals surface area contributed by atoms with E-state index < -0.39 is 28.1 Å². The van der Waals surface area contributed by atoms with Gasteiger partial charge < -0.3 is 20.3 Å². The smallest absolute Gasteiger partial charge is 0.407 e. The van der Waals surface area contributed by atoms with Gasteiger partial charge in [0.25, 0.3) is 0 Å². The zero-order valence-electron chi connectivity index (χ0n) is 21.7. The first kappa shape index (κ1) is 27.1. The topological polar surface area (TPSA) is 146 Å². The Hall–Kier alpha value is -4.48. The van der Waals surface area contributed by atoms with Gasteiger partial charge in [-0.2, -0.15) is 0 Å². The van der Waals surface area contributed by atoms with E-state index in [-0.39, 0.29) is 46.2 Å². The average molecular weight is 562 g/mol. The van der Waals surface area contributed by atoms with Crippen molar-refractivity contribution < 1.29 is 33.0 Å². The van der Waals surface area contributed by atoms with Gasteiger partial charge in [0.05, 0.1) is 4.90 Å². The second kappa shape index (κ2) is 10.6. The third kappa shape index (κ3) is 4.96. The number of aromatic nitrogens is 1. The van der Waals surface area contributed by atoms with Crippen LogP contribution in [0.15, 0.2) is 77.7 Å². The number of pyridine rings is 1. The van der Waals surface area contributed by atoms with Gasteiger partial charge in [-0.05, 0) is 46.5 Å². The number of carbonyl (C=O) groups excluding carboxylic acids is 1. The Bertz CT molecular complexity index is 1690. The van der Waals surface area contributed by atoms with Crippen molar-refractivity contribution in [1.29, 1.82) is 0 Å². The van der Waals surface area contributed by atoms with Gasteiger partial charge in [-0.15, -0.1) is 0 Å². The Balaban J connectivity index is 1.32. The molecule has 11 heteroatoms. The first-order valence-corrected chi connectivity index (χ1v) is 13.9. The number of hydrogen-bond donors (Lipinski definition) is 3. The number of nitrogens with zero attached hydrogens (tertiary/aromatic N) is 2. The van der Waals surface area contributed by atoms with E-state index in [1.165, 1.54) is 38.4 Å². The Morgan fingerprint density at radius 3 is 2.20 bits per heavy atom. The molecule has 1 amide bonds. The number of phenolic OH excluding ortho intramolecular Hbond substituents is 1. The maximum atomic E-state index is 12.7. The van der Waals surface area contributed by atoms with E-state index in [0.717, 1.165) is 26.6 Å². The van der Waals surface area contributed by atoms with Crippen LogP contribution in [0.4, 0.5) is 4.79 Å². The van der Waals surface area contributed by atoms with E-state index in [2.05, 4.69) is 10.3 Å². The summed E-state index contributed by atoms with van der Waals surface area (Å²) in [7, 11) is -1.04. The number of rotatable bonds is 8. The van der Waals surface area contributed by atoms with E-state index in [4.69, 9.17) is 4.74 Å². The molecular weight excluding hydrogens is 534 g/mol. The van der Waals surface area contributed by atoms with Crippen molar-refractivity contribution in [3.8, 4) is 16.9 Å². The molecule has 10 nitrogen and oxygen atoms in total. The van der Waals surface area contributed by atoms with Gasteiger partial charge in [0.15, 0.2) is 0 Å². The number of hydrogen-bond acceptors (Lipinski definition) is 7. The maximum absolute atomic E-state index is 12.7. The molecule has 0 aliphatic heterocycles. The van der Waals surface area contributed by atoms with Crippen LogP contribution in [0.3, 0.4) is 0 Å². The zero-order valence-corrected chi connectivity index (χ0v) is 22.6. The van der Waals surface area contributed by atoms with Crippen molar-refractivity contribution >= 4 is 33.0 Å². The third-order valence-corrected chi connectivity index (χ3v) is 8.83. The molecule has 40 heavy (non-hydrogen) atoms. The predicted octanol–water partition coefficient (Wildman–Crippen LogP) is 3.73. The number of alkyl carbamates (subject to hydrolysis) is 1. The van der Waals surface area contributed by atoms with Crippen molar-refractivity contribution in [2.24, 2.45) is 0 Å². The summed E-state index contributed by atoms with van der Waals surface area (Å²) in [4.78, 5) is 28.9. The molecule has 0 saturated carbocycles. The SMILES string of the molecule is CN(C)S(=O)(=O)c1ccc(O)c2nc(CC(NC(=O)OCC3c4ccccc4-c4ccccc43)C(=O)O)ccc12. The van der Waals surface area contributed by atoms with Crippen LogP contribution in [-0.2, 0) is 26.0 Å². The maximum Gasteiger partial charge on any atom is 0.407 e. The second-order valence-corrected chi connectivity index (χ2v) is 11.8. The summed E-state index contributed by atoms with van der Waals surface area (Å²) in [6.45, 7) is 0.0252. The number of aromatic hydroxyl groups is 1. The van der Waals surface area contributed by atoms with Crippen molar-refractivity contribution in [3.05, 3.63) is 89.6 Å². The number of fused-ring (bicyclic) bond motifs is 4. The van der Waals surface area contributed by atoms with E-state index in [0.29, 0.717) is 0 Å². The highest BCUT2D eigenvalue weighted by atomic mass is 32.2. The fourth-order valence-corrected chi connectivity index (χ4v) is 6.02. The van der Waals surface area contributed by atoms with Crippen molar-refractivity contribution in [2.75, 3.05) is 20.7 Å². The van der Waals surface area contributed by atoms with Crippen LogP contribution < -0.4 is 5.32 Å². The van der Waals surface area contributed by atoms with Crippen LogP contribution in [0.5, 0.6) is 5.75 Å². The lowest BCUT2D eigenvalue weighted by Crippen LogP contribution is -2.43. The molecule has 1 aliphatic rings. The minimum atomic E-state index is -3.82. The summed E-state index contributed by atoms with van der Waals surface area (Å²) < 4.78 is 31.9. The molecule has 3 N–H and O–H groups in total. The van der Waals surface area contributed by atoms with Gasteiger partial charge in [-0.25, -0.2) is 27.3 Å². The number of aliphatic carboxylic acids is 1. The fraction of sp³-hybridized carbons (Fsp3) is 0.207. The van der Waals surface area contributed by atoms with Crippen molar-refractivity contribution in [1.82, 2.24) is 14.6 Å². The molecule has 3 aromatic carbocycles. The van der Waals surface area contributed by atoms with Gasteiger partial charge in [0.2, 0.25) is 10.0 Å². The number of sulfonamides is 1. The first-order chi connectivity index (χ1) is 19.1. The summed E-state index contributed by atoms with van der Waals surface area (Å²) in [5.74, 6) is -1.74. The highest BCUT2D eigenvalue weighted by Crippen LogP contribution is 2.44. The van der Waals surface area contributed by atoms with Crippen LogP contribution in [0.25, 0.3) is 22.0 Å². The van der Waals surface area contributed by atoms with Gasteiger partial charge in [-0.3, -0.25) is 0 Å². The van der Waals surface area contributed by atoms with Crippen LogP contribution in [0.2, 0.25) is 0 Å². The molecule has 5 rings (SSSR count). The molecule has 1 heterocycles. The van der Waals surface area contributed by atoms with E-state index in [9.17, 15) is 28.2 Å². The Kier molecular flexibility index (Phi) is 7.17. The number of nitrogens with one attached hydrogen (secondary N) is 1. The van der Waals surface area contributed by atoms with E-state index in [1.807, 2.05) is 48.5 Å². The largest absolute Gasteiger partial charge is 0.506 e. The highest BCUT2D eigenvalue weighted by molar-refractivity contribution is 7.89. The monoisotopic (exact) mass is 561 g/mol. The minimum absolute atomic E-state index is 0.00528. The number of ether oxygens (including phenoxy) is 1. The fourth-order valence-electron chi connectivity index (χ4n) is 4.94. The number of carboxylic acid groups (broad SMARTS) is 1. The lowest BCUT2D eigenvalue weighted by Gasteiger charge is -2.18. The van der Waals surface area contributed by atoms with E-state index in [1.54, 1.807) is 0 Å². The molecule has 0 spiro atoms. The summed E-state index contributed by atoms with van der Waals surface area (Å²) in [5.41, 5.74) is 4.44. The second-order valence-electron chi connectivity index (χ2n) is 9.63. The van der Waals surface area contributed by atoms with Crippen LogP contribution in [0, 0.1) is 0 Å². The summed E-state index contributed by atoms with van der Waals surface area (Å²) in [6.07, 6.45) is -1.11. The molecule has 1 unspecified atom stereocenters. The van der Waals surface area contributed by atoms with Gasteiger partial charge in [0.1, 0.15) is 23.9 Å². The standard InChI is InChI=1S/C29H27N3O7S/c1-32(2)40(37,38)26-14-13-25(33)27-22(26)12-11-17(30-27)15-24(28(34)35)31-29(36)39-16-23-20-9-5-3-7-18(20)19-8-4-6-10-21(19)23/h3-14,23-24,33H,15-16H2,1-2H3,(H,31,36)(H,34,35). The number of amides is 1. The molecule has 206 valence electrons. The van der Waals surface area contributed by atoms with Gasteiger partial charge in [0, 0.05) is 37.5 Å². The van der Waals surface area contributed by atoms with Crippen LogP contribution >= 0.6 is 0 Å². The average Bonchev–Trinajstić information content (AvgIpc) is 3.25. The first-order valence-electron chi connectivity index (χ1n) is 12.5. The summed E-state index contributed by atoms with van der Waals surface area (Å²) in [6, 6.07) is 19.8. The number of phenols is 1. The molecule has 0 saturated heterocycles. The Morgan fingerprint density at radius 1 is 0.975 bits per heavy atom. The predicted molar refractivity (Wildman–Crippen MR) is 148 cm³/mol. The molecule has 1 aromatic heterocycles. The Labute approximate surface area is 230 Å². The summed E-state index contributed by atoms with van der Waals surface area (Å²) >= 11 is 0. The molecule has 1 atom stereocenters. The number of carbonyl (C=O) groups is 2. The van der Waals surface area contributed by atoms with Crippen LogP contribution in [-0.4, -0.2) is 66.7 Å². The van der Waals surface area contributed by atoms with E-state index >= 15 is 0 Å². The molecule has 0 fully saturated rings. The molecule has 0 bridgehead atoms. The quantitative estimate of drug-likeness (QED) is 0.295.